The summed E-state index contributed by atoms with van der Waals surface area (Å²) in [6.07, 6.45) is 1.62. The van der Waals surface area contributed by atoms with Gasteiger partial charge < -0.3 is 20.6 Å². The predicted molar refractivity (Wildman–Crippen MR) is 64.4 cm³/mol. The summed E-state index contributed by atoms with van der Waals surface area (Å²) in [6.45, 7) is 0. The number of halogens is 1. The summed E-state index contributed by atoms with van der Waals surface area (Å²) in [5.74, 6) is 0.811. The summed E-state index contributed by atoms with van der Waals surface area (Å²) in [5.41, 5.74) is 7.07. The Hall–Kier alpha value is -1.69. The molecule has 0 amide bonds. The van der Waals surface area contributed by atoms with Crippen LogP contribution in [0.1, 0.15) is 0 Å². The number of aromatic nitrogens is 2. The average Bonchev–Trinajstić information content (AvgIpc) is 2.65. The number of nitrogens with zero attached hydrogens (tertiary/aromatic N) is 1. The number of hydrogen-bond acceptors (Lipinski definition) is 4. The molecule has 0 aliphatic carbocycles. The highest BCUT2D eigenvalue weighted by Gasteiger charge is 2.11. The zero-order chi connectivity index (χ0) is 11.7. The molecule has 0 radical (unpaired) electrons. The van der Waals surface area contributed by atoms with Crippen molar-refractivity contribution in [2.24, 2.45) is 0 Å². The molecule has 0 atom stereocenters. The molecule has 84 valence electrons. The molecule has 0 aliphatic heterocycles. The van der Waals surface area contributed by atoms with Crippen LogP contribution in [0.15, 0.2) is 22.8 Å². The van der Waals surface area contributed by atoms with Crippen molar-refractivity contribution in [2.45, 2.75) is 0 Å². The van der Waals surface area contributed by atoms with Gasteiger partial charge in [0.15, 0.2) is 17.4 Å². The van der Waals surface area contributed by atoms with E-state index in [1.807, 2.05) is 0 Å². The van der Waals surface area contributed by atoms with Gasteiger partial charge in [-0.05, 0) is 28.1 Å². The van der Waals surface area contributed by atoms with E-state index in [-0.39, 0.29) is 5.75 Å². The maximum atomic E-state index is 9.56. The second-order valence-corrected chi connectivity index (χ2v) is 4.04. The molecule has 0 aliphatic rings. The van der Waals surface area contributed by atoms with Crippen LogP contribution in [0, 0.1) is 0 Å². The highest BCUT2D eigenvalue weighted by Crippen LogP contribution is 2.37. The normalized spacial score (nSPS) is 10.4. The molecular formula is C10H10BrN3O2. The van der Waals surface area contributed by atoms with E-state index >= 15 is 0 Å². The number of benzene rings is 1. The van der Waals surface area contributed by atoms with Crippen molar-refractivity contribution in [1.82, 2.24) is 9.97 Å². The summed E-state index contributed by atoms with van der Waals surface area (Å²) in [7, 11) is 1.49. The van der Waals surface area contributed by atoms with Crippen molar-refractivity contribution in [1.29, 1.82) is 0 Å². The van der Waals surface area contributed by atoms with Gasteiger partial charge in [-0.3, -0.25) is 0 Å². The Morgan fingerprint density at radius 3 is 2.81 bits per heavy atom. The van der Waals surface area contributed by atoms with Crippen molar-refractivity contribution in [3.63, 3.8) is 0 Å². The lowest BCUT2D eigenvalue weighted by Gasteiger charge is -2.07. The standard InChI is InChI=1S/C10H10BrN3O2/c1-16-9-2-5(6(11)3-8(9)15)7-4-13-10(12)14-7/h2-4,15H,1H3,(H3,12,13,14). The number of nitrogens with two attached hydrogens (primary N) is 1. The van der Waals surface area contributed by atoms with Gasteiger partial charge in [0, 0.05) is 10.0 Å². The number of methoxy groups -OCH3 is 1. The van der Waals surface area contributed by atoms with Gasteiger partial charge in [0.1, 0.15) is 0 Å². The maximum absolute atomic E-state index is 9.56. The Labute approximate surface area is 100 Å². The summed E-state index contributed by atoms with van der Waals surface area (Å²) in [6, 6.07) is 3.26. The minimum absolute atomic E-state index is 0.0746. The van der Waals surface area contributed by atoms with E-state index in [1.165, 1.54) is 7.11 Å². The van der Waals surface area contributed by atoms with Crippen LogP contribution >= 0.6 is 15.9 Å². The molecule has 0 saturated carbocycles. The monoisotopic (exact) mass is 283 g/mol. The Morgan fingerprint density at radius 2 is 2.25 bits per heavy atom. The molecule has 0 spiro atoms. The van der Waals surface area contributed by atoms with E-state index in [9.17, 15) is 5.11 Å². The topological polar surface area (TPSA) is 84.2 Å². The largest absolute Gasteiger partial charge is 0.504 e. The number of anilines is 1. The number of phenolic OH excluding ortho intramolecular Hbond substituents is 1. The molecule has 0 bridgehead atoms. The van der Waals surface area contributed by atoms with Crippen LogP contribution in [-0.4, -0.2) is 22.2 Å². The number of imidazole rings is 1. The minimum Gasteiger partial charge on any atom is -0.504 e. The van der Waals surface area contributed by atoms with Gasteiger partial charge in [0.2, 0.25) is 0 Å². The number of rotatable bonds is 2. The van der Waals surface area contributed by atoms with Crippen LogP contribution < -0.4 is 10.5 Å². The van der Waals surface area contributed by atoms with E-state index in [1.54, 1.807) is 18.3 Å². The molecule has 0 fully saturated rings. The molecule has 0 unspecified atom stereocenters. The SMILES string of the molecule is COc1cc(-c2cnc(N)[nH]2)c(Br)cc1O. The van der Waals surface area contributed by atoms with Crippen molar-refractivity contribution in [3.8, 4) is 22.8 Å². The van der Waals surface area contributed by atoms with Crippen LogP contribution in [0.5, 0.6) is 11.5 Å². The van der Waals surface area contributed by atoms with Gasteiger partial charge in [0.25, 0.3) is 0 Å². The highest BCUT2D eigenvalue weighted by molar-refractivity contribution is 9.10. The lowest BCUT2D eigenvalue weighted by Crippen LogP contribution is -1.88. The third-order valence-electron chi connectivity index (χ3n) is 2.15. The molecule has 5 nitrogen and oxygen atoms in total. The summed E-state index contributed by atoms with van der Waals surface area (Å²) in [4.78, 5) is 6.81. The molecular weight excluding hydrogens is 274 g/mol. The Morgan fingerprint density at radius 1 is 1.50 bits per heavy atom. The fourth-order valence-electron chi connectivity index (χ4n) is 1.39. The third kappa shape index (κ3) is 1.83. The van der Waals surface area contributed by atoms with Gasteiger partial charge in [-0.15, -0.1) is 0 Å². The number of nitrogen functional groups attached to an aromatic ring is 1. The first-order valence-electron chi connectivity index (χ1n) is 4.49. The predicted octanol–water partition coefficient (Wildman–Crippen LogP) is 2.14. The number of ether oxygens (including phenoxy) is 1. The van der Waals surface area contributed by atoms with Crippen LogP contribution in [0.3, 0.4) is 0 Å². The van der Waals surface area contributed by atoms with Crippen molar-refractivity contribution in [3.05, 3.63) is 22.8 Å². The number of aromatic hydroxyl groups is 1. The molecule has 4 N–H and O–H groups in total. The van der Waals surface area contributed by atoms with Gasteiger partial charge in [-0.1, -0.05) is 0 Å². The first kappa shape index (κ1) is 10.8. The van der Waals surface area contributed by atoms with E-state index in [4.69, 9.17) is 10.5 Å². The zero-order valence-electron chi connectivity index (χ0n) is 8.49. The van der Waals surface area contributed by atoms with E-state index in [0.717, 1.165) is 15.7 Å². The lowest BCUT2D eigenvalue weighted by molar-refractivity contribution is 0.373. The molecule has 0 saturated heterocycles. The van der Waals surface area contributed by atoms with Crippen molar-refractivity contribution >= 4 is 21.9 Å². The Bertz CT molecular complexity index is 525. The fourth-order valence-corrected chi connectivity index (χ4v) is 1.93. The first-order chi connectivity index (χ1) is 7.61. The van der Waals surface area contributed by atoms with Crippen LogP contribution in [0.25, 0.3) is 11.3 Å². The van der Waals surface area contributed by atoms with Crippen LogP contribution in [0.4, 0.5) is 5.95 Å². The van der Waals surface area contributed by atoms with E-state index in [2.05, 4.69) is 25.9 Å². The van der Waals surface area contributed by atoms with Crippen molar-refractivity contribution in [2.75, 3.05) is 12.8 Å². The van der Waals surface area contributed by atoms with Gasteiger partial charge in [-0.25, -0.2) is 4.98 Å². The van der Waals surface area contributed by atoms with E-state index in [0.29, 0.717) is 11.7 Å². The van der Waals surface area contributed by atoms with Crippen LogP contribution in [-0.2, 0) is 0 Å². The van der Waals surface area contributed by atoms with Gasteiger partial charge in [-0.2, -0.15) is 0 Å². The first-order valence-corrected chi connectivity index (χ1v) is 5.28. The molecule has 1 aromatic carbocycles. The zero-order valence-corrected chi connectivity index (χ0v) is 10.1. The maximum Gasteiger partial charge on any atom is 0.197 e. The smallest absolute Gasteiger partial charge is 0.197 e. The Kier molecular flexibility index (Phi) is 2.74. The lowest BCUT2D eigenvalue weighted by atomic mass is 10.1. The minimum atomic E-state index is 0.0746. The number of nitrogens with one attached hydrogen (secondary N) is 1. The van der Waals surface area contributed by atoms with Gasteiger partial charge >= 0.3 is 0 Å². The second-order valence-electron chi connectivity index (χ2n) is 3.19. The molecule has 1 aromatic heterocycles. The van der Waals surface area contributed by atoms with Crippen LogP contribution in [0.2, 0.25) is 0 Å². The molecule has 1 heterocycles. The Balaban J connectivity index is 2.56. The number of hydrogen-bond donors (Lipinski definition) is 3. The quantitative estimate of drug-likeness (QED) is 0.788. The molecule has 6 heteroatoms. The number of phenols is 1. The van der Waals surface area contributed by atoms with Gasteiger partial charge in [0.05, 0.1) is 19.0 Å². The summed E-state index contributed by atoms with van der Waals surface area (Å²) < 4.78 is 5.76. The third-order valence-corrected chi connectivity index (χ3v) is 2.81. The molecule has 2 aromatic rings. The second kappa shape index (κ2) is 4.05. The summed E-state index contributed by atoms with van der Waals surface area (Å²) >= 11 is 3.35. The average molecular weight is 284 g/mol. The fraction of sp³-hybridized carbons (Fsp3) is 0.100. The van der Waals surface area contributed by atoms with Crippen molar-refractivity contribution < 1.29 is 9.84 Å². The number of H-pyrrole nitrogens is 1. The van der Waals surface area contributed by atoms with E-state index < -0.39 is 0 Å². The highest BCUT2D eigenvalue weighted by atomic mass is 79.9. The summed E-state index contributed by atoms with van der Waals surface area (Å²) in [5, 5.41) is 9.56. The number of aromatic amines is 1. The molecule has 2 rings (SSSR count). The molecule has 16 heavy (non-hydrogen) atoms.